The number of aliphatic hydroxyl groups excluding tert-OH is 1. The van der Waals surface area contributed by atoms with E-state index in [0.29, 0.717) is 18.9 Å². The summed E-state index contributed by atoms with van der Waals surface area (Å²) in [7, 11) is -4.09. The molecule has 1 fully saturated rings. The Bertz CT molecular complexity index is 634. The molecule has 20 heavy (non-hydrogen) atoms. The van der Waals surface area contributed by atoms with Gasteiger partial charge < -0.3 is 5.11 Å². The van der Waals surface area contributed by atoms with Gasteiger partial charge in [0.15, 0.2) is 0 Å². The molecule has 0 amide bonds. The number of aliphatic hydroxyl groups is 1. The number of hydrogen-bond donors (Lipinski definition) is 1. The fraction of sp³-hybridized carbons (Fsp3) is 0.455. The van der Waals surface area contributed by atoms with Crippen molar-refractivity contribution in [3.8, 4) is 0 Å². The molecular formula is C11H13FN2O5S. The van der Waals surface area contributed by atoms with Crippen LogP contribution in [-0.4, -0.2) is 41.9 Å². The van der Waals surface area contributed by atoms with Crippen molar-refractivity contribution >= 4 is 15.7 Å². The molecule has 1 saturated heterocycles. The summed E-state index contributed by atoms with van der Waals surface area (Å²) in [5.41, 5.74) is -0.514. The van der Waals surface area contributed by atoms with Gasteiger partial charge in [0.05, 0.1) is 17.1 Å². The minimum atomic E-state index is -4.09. The number of halogens is 1. The zero-order valence-electron chi connectivity index (χ0n) is 10.4. The van der Waals surface area contributed by atoms with Crippen molar-refractivity contribution in [2.75, 3.05) is 13.1 Å². The summed E-state index contributed by atoms with van der Waals surface area (Å²) < 4.78 is 39.3. The number of nitro groups is 1. The maximum Gasteiger partial charge on any atom is 0.272 e. The Morgan fingerprint density at radius 3 is 2.70 bits per heavy atom. The van der Waals surface area contributed by atoms with Crippen LogP contribution in [0.15, 0.2) is 23.1 Å². The fourth-order valence-electron chi connectivity index (χ4n) is 2.09. The summed E-state index contributed by atoms with van der Waals surface area (Å²) >= 11 is 0. The Morgan fingerprint density at radius 2 is 2.15 bits per heavy atom. The monoisotopic (exact) mass is 304 g/mol. The molecule has 1 aromatic rings. The highest BCUT2D eigenvalue weighted by atomic mass is 32.2. The zero-order valence-corrected chi connectivity index (χ0v) is 11.2. The van der Waals surface area contributed by atoms with Crippen LogP contribution in [0.2, 0.25) is 0 Å². The Kier molecular flexibility index (Phi) is 4.02. The second-order valence-corrected chi connectivity index (χ2v) is 6.44. The number of piperidine rings is 1. The van der Waals surface area contributed by atoms with E-state index in [9.17, 15) is 28.0 Å². The van der Waals surface area contributed by atoms with Gasteiger partial charge in [-0.15, -0.1) is 0 Å². The molecule has 0 bridgehead atoms. The average Bonchev–Trinajstić information content (AvgIpc) is 2.38. The van der Waals surface area contributed by atoms with E-state index in [1.54, 1.807) is 0 Å². The fourth-order valence-corrected chi connectivity index (χ4v) is 3.65. The van der Waals surface area contributed by atoms with Crippen molar-refractivity contribution in [3.63, 3.8) is 0 Å². The molecule has 1 atom stereocenters. The highest BCUT2D eigenvalue weighted by Crippen LogP contribution is 2.25. The molecule has 1 aromatic carbocycles. The Balaban J connectivity index is 2.36. The maximum atomic E-state index is 13.8. The van der Waals surface area contributed by atoms with Gasteiger partial charge in [-0.3, -0.25) is 10.1 Å². The van der Waals surface area contributed by atoms with Gasteiger partial charge in [-0.05, 0) is 18.9 Å². The Labute approximate surface area is 114 Å². The van der Waals surface area contributed by atoms with E-state index < -0.39 is 37.5 Å². The third kappa shape index (κ3) is 2.79. The molecule has 1 aliphatic rings. The van der Waals surface area contributed by atoms with Crippen molar-refractivity contribution in [1.82, 2.24) is 4.31 Å². The third-order valence-corrected chi connectivity index (χ3v) is 5.00. The zero-order chi connectivity index (χ0) is 14.9. The normalized spacial score (nSPS) is 20.8. The van der Waals surface area contributed by atoms with Crippen molar-refractivity contribution in [2.45, 2.75) is 23.8 Å². The van der Waals surface area contributed by atoms with Crippen molar-refractivity contribution < 1.29 is 22.8 Å². The molecule has 0 radical (unpaired) electrons. The lowest BCUT2D eigenvalue weighted by Gasteiger charge is -2.29. The minimum Gasteiger partial charge on any atom is -0.392 e. The summed E-state index contributed by atoms with van der Waals surface area (Å²) in [4.78, 5) is 9.09. The van der Waals surface area contributed by atoms with E-state index >= 15 is 0 Å². The van der Waals surface area contributed by atoms with Crippen LogP contribution in [-0.2, 0) is 10.0 Å². The van der Waals surface area contributed by atoms with E-state index in [4.69, 9.17) is 0 Å². The lowest BCUT2D eigenvalue weighted by molar-refractivity contribution is -0.385. The van der Waals surface area contributed by atoms with Crippen LogP contribution >= 0.6 is 0 Å². The molecule has 0 spiro atoms. The van der Waals surface area contributed by atoms with Gasteiger partial charge in [0, 0.05) is 19.2 Å². The third-order valence-electron chi connectivity index (χ3n) is 3.10. The van der Waals surface area contributed by atoms with Crippen molar-refractivity contribution in [3.05, 3.63) is 34.1 Å². The number of rotatable bonds is 3. The number of nitro benzene ring substituents is 1. The molecule has 0 saturated carbocycles. The molecule has 1 heterocycles. The number of sulfonamides is 1. The Hall–Kier alpha value is -1.58. The summed E-state index contributed by atoms with van der Waals surface area (Å²) in [5, 5.41) is 20.0. The molecule has 1 aliphatic heterocycles. The lowest BCUT2D eigenvalue weighted by Crippen LogP contribution is -2.42. The molecule has 0 aliphatic carbocycles. The molecule has 0 aromatic heterocycles. The first-order chi connectivity index (χ1) is 9.32. The van der Waals surface area contributed by atoms with Crippen LogP contribution in [0, 0.1) is 15.9 Å². The minimum absolute atomic E-state index is 0.0985. The standard InChI is InChI=1S/C11H13FN2O5S/c12-10-6-8(14(16)17)3-4-11(10)20(18,19)13-5-1-2-9(15)7-13/h3-4,6,9,15H,1-2,5,7H2/t9-/m0/s1. The maximum absolute atomic E-state index is 13.8. The van der Waals surface area contributed by atoms with Crippen molar-refractivity contribution in [2.24, 2.45) is 0 Å². The lowest BCUT2D eigenvalue weighted by atomic mass is 10.1. The molecule has 0 unspecified atom stereocenters. The summed E-state index contributed by atoms with van der Waals surface area (Å²) in [6.45, 7) is 0.0918. The Morgan fingerprint density at radius 1 is 1.45 bits per heavy atom. The van der Waals surface area contributed by atoms with E-state index in [1.807, 2.05) is 0 Å². The van der Waals surface area contributed by atoms with Crippen LogP contribution < -0.4 is 0 Å². The van der Waals surface area contributed by atoms with Gasteiger partial charge in [0.25, 0.3) is 5.69 Å². The smallest absolute Gasteiger partial charge is 0.272 e. The first-order valence-corrected chi connectivity index (χ1v) is 7.38. The van der Waals surface area contributed by atoms with Crippen LogP contribution in [0.5, 0.6) is 0 Å². The first-order valence-electron chi connectivity index (χ1n) is 5.94. The van der Waals surface area contributed by atoms with E-state index in [2.05, 4.69) is 0 Å². The number of β-amino-alcohol motifs (C(OH)–C–C–N with tert-alkyl or cyclic N) is 1. The van der Waals surface area contributed by atoms with E-state index in [1.165, 1.54) is 0 Å². The number of non-ortho nitro benzene ring substituents is 1. The molecule has 9 heteroatoms. The highest BCUT2D eigenvalue weighted by Gasteiger charge is 2.32. The molecular weight excluding hydrogens is 291 g/mol. The van der Waals surface area contributed by atoms with Gasteiger partial charge in [-0.2, -0.15) is 4.31 Å². The largest absolute Gasteiger partial charge is 0.392 e. The predicted molar refractivity (Wildman–Crippen MR) is 67.1 cm³/mol. The van der Waals surface area contributed by atoms with Crippen LogP contribution in [0.4, 0.5) is 10.1 Å². The summed E-state index contributed by atoms with van der Waals surface area (Å²) in [5.74, 6) is -1.17. The van der Waals surface area contributed by atoms with Crippen LogP contribution in [0.3, 0.4) is 0 Å². The van der Waals surface area contributed by atoms with Gasteiger partial charge in [0.1, 0.15) is 10.7 Å². The first kappa shape index (κ1) is 14.8. The van der Waals surface area contributed by atoms with Crippen molar-refractivity contribution in [1.29, 1.82) is 0 Å². The second kappa shape index (κ2) is 5.43. The molecule has 2 rings (SSSR count). The van der Waals surface area contributed by atoms with Crippen LogP contribution in [0.25, 0.3) is 0 Å². The second-order valence-electron chi connectivity index (χ2n) is 4.53. The number of hydrogen-bond acceptors (Lipinski definition) is 5. The van der Waals surface area contributed by atoms with Gasteiger partial charge >= 0.3 is 0 Å². The van der Waals surface area contributed by atoms with Gasteiger partial charge in [-0.25, -0.2) is 12.8 Å². The molecule has 110 valence electrons. The summed E-state index contributed by atoms with van der Waals surface area (Å²) in [6, 6.07) is 2.40. The summed E-state index contributed by atoms with van der Waals surface area (Å²) in [6.07, 6.45) is 0.198. The van der Waals surface area contributed by atoms with Gasteiger partial charge in [-0.1, -0.05) is 0 Å². The SMILES string of the molecule is O=[N+]([O-])c1ccc(S(=O)(=O)N2CCC[C@H](O)C2)c(F)c1. The van der Waals surface area contributed by atoms with E-state index in [0.717, 1.165) is 16.4 Å². The quantitative estimate of drug-likeness (QED) is 0.660. The average molecular weight is 304 g/mol. The van der Waals surface area contributed by atoms with Gasteiger partial charge in [0.2, 0.25) is 10.0 Å². The van der Waals surface area contributed by atoms with Crippen LogP contribution in [0.1, 0.15) is 12.8 Å². The topological polar surface area (TPSA) is 101 Å². The molecule has 1 N–H and O–H groups in total. The predicted octanol–water partition coefficient (Wildman–Crippen LogP) is 0.879. The number of benzene rings is 1. The molecule has 7 nitrogen and oxygen atoms in total. The number of nitrogens with zero attached hydrogens (tertiary/aromatic N) is 2. The highest BCUT2D eigenvalue weighted by molar-refractivity contribution is 7.89. The van der Waals surface area contributed by atoms with E-state index in [-0.39, 0.29) is 13.1 Å².